The molecule has 1 aromatic carbocycles. The molecule has 0 saturated carbocycles. The molecule has 2 rings (SSSR count). The third-order valence-electron chi connectivity index (χ3n) is 2.71. The molecular formula is C13H16BrN3. The van der Waals surface area contributed by atoms with Gasteiger partial charge < -0.3 is 5.73 Å². The number of nitrogens with zero attached hydrogens (tertiary/aromatic N) is 2. The molecule has 1 heterocycles. The van der Waals surface area contributed by atoms with Gasteiger partial charge in [-0.15, -0.1) is 0 Å². The maximum absolute atomic E-state index is 5.88. The van der Waals surface area contributed by atoms with Crippen LogP contribution in [0.25, 0.3) is 11.1 Å². The Labute approximate surface area is 110 Å². The van der Waals surface area contributed by atoms with Crippen LogP contribution in [0.15, 0.2) is 34.9 Å². The van der Waals surface area contributed by atoms with Crippen LogP contribution < -0.4 is 5.73 Å². The normalized spacial score (nSPS) is 12.7. The van der Waals surface area contributed by atoms with Crippen molar-refractivity contribution in [3.8, 4) is 11.1 Å². The van der Waals surface area contributed by atoms with Crippen LogP contribution in [0.3, 0.4) is 0 Å². The fourth-order valence-electron chi connectivity index (χ4n) is 1.91. The van der Waals surface area contributed by atoms with E-state index in [2.05, 4.69) is 33.2 Å². The summed E-state index contributed by atoms with van der Waals surface area (Å²) in [6, 6.07) is 8.37. The van der Waals surface area contributed by atoms with Crippen molar-refractivity contribution in [2.24, 2.45) is 12.8 Å². The summed E-state index contributed by atoms with van der Waals surface area (Å²) in [6.45, 7) is 2.01. The fourth-order valence-corrected chi connectivity index (χ4v) is 2.31. The first-order valence-electron chi connectivity index (χ1n) is 5.60. The zero-order chi connectivity index (χ0) is 12.4. The van der Waals surface area contributed by atoms with Gasteiger partial charge in [-0.1, -0.05) is 28.1 Å². The second-order valence-corrected chi connectivity index (χ2v) is 5.24. The van der Waals surface area contributed by atoms with Gasteiger partial charge in [-0.3, -0.25) is 4.68 Å². The molecule has 90 valence electrons. The van der Waals surface area contributed by atoms with Crippen LogP contribution in [0, 0.1) is 0 Å². The average molecular weight is 294 g/mol. The first-order valence-corrected chi connectivity index (χ1v) is 6.39. The number of nitrogens with two attached hydrogens (primary N) is 1. The summed E-state index contributed by atoms with van der Waals surface area (Å²) in [5, 5.41) is 4.32. The van der Waals surface area contributed by atoms with E-state index in [1.165, 1.54) is 11.3 Å². The first-order chi connectivity index (χ1) is 8.08. The van der Waals surface area contributed by atoms with Crippen LogP contribution in [-0.4, -0.2) is 15.8 Å². The number of rotatable bonds is 3. The van der Waals surface area contributed by atoms with Gasteiger partial charge in [0.2, 0.25) is 0 Å². The lowest BCUT2D eigenvalue weighted by atomic mass is 10.0. The molecule has 1 unspecified atom stereocenters. The summed E-state index contributed by atoms with van der Waals surface area (Å²) in [6.07, 6.45) is 2.73. The molecule has 1 atom stereocenters. The summed E-state index contributed by atoms with van der Waals surface area (Å²) in [7, 11) is 1.96. The van der Waals surface area contributed by atoms with Gasteiger partial charge in [0, 0.05) is 35.2 Å². The Morgan fingerprint density at radius 3 is 2.88 bits per heavy atom. The van der Waals surface area contributed by atoms with E-state index in [0.29, 0.717) is 0 Å². The third kappa shape index (κ3) is 2.76. The van der Waals surface area contributed by atoms with Crippen molar-refractivity contribution in [2.45, 2.75) is 19.4 Å². The lowest BCUT2D eigenvalue weighted by Crippen LogP contribution is -2.20. The molecule has 2 aromatic rings. The van der Waals surface area contributed by atoms with E-state index in [-0.39, 0.29) is 6.04 Å². The fraction of sp³-hybridized carbons (Fsp3) is 0.308. The highest BCUT2D eigenvalue weighted by molar-refractivity contribution is 9.10. The van der Waals surface area contributed by atoms with Crippen molar-refractivity contribution < 1.29 is 0 Å². The minimum Gasteiger partial charge on any atom is -0.328 e. The van der Waals surface area contributed by atoms with Crippen LogP contribution in [0.4, 0.5) is 0 Å². The van der Waals surface area contributed by atoms with E-state index >= 15 is 0 Å². The monoisotopic (exact) mass is 293 g/mol. The molecule has 0 amide bonds. The minimum absolute atomic E-state index is 0.135. The van der Waals surface area contributed by atoms with Gasteiger partial charge in [-0.05, 0) is 24.6 Å². The first kappa shape index (κ1) is 12.3. The molecule has 0 aliphatic carbocycles. The van der Waals surface area contributed by atoms with Gasteiger partial charge in [0.05, 0.1) is 6.20 Å². The van der Waals surface area contributed by atoms with Gasteiger partial charge >= 0.3 is 0 Å². The Morgan fingerprint density at radius 1 is 1.47 bits per heavy atom. The van der Waals surface area contributed by atoms with Crippen molar-refractivity contribution in [2.75, 3.05) is 0 Å². The van der Waals surface area contributed by atoms with E-state index in [4.69, 9.17) is 5.73 Å². The standard InChI is InChI=1S/C13H16BrN3/c1-9(15)6-13-12(8-16-17(13)2)10-4-3-5-11(14)7-10/h3-5,7-9H,6,15H2,1-2H3. The highest BCUT2D eigenvalue weighted by atomic mass is 79.9. The molecule has 1 aromatic heterocycles. The van der Waals surface area contributed by atoms with Crippen molar-refractivity contribution in [1.82, 2.24) is 9.78 Å². The number of aryl methyl sites for hydroxylation is 1. The van der Waals surface area contributed by atoms with Crippen molar-refractivity contribution in [3.63, 3.8) is 0 Å². The Balaban J connectivity index is 2.45. The van der Waals surface area contributed by atoms with Crippen LogP contribution in [-0.2, 0) is 13.5 Å². The lowest BCUT2D eigenvalue weighted by molar-refractivity contribution is 0.651. The molecule has 4 heteroatoms. The Hall–Kier alpha value is -1.13. The Bertz CT molecular complexity index is 517. The van der Waals surface area contributed by atoms with Crippen LogP contribution >= 0.6 is 15.9 Å². The molecule has 17 heavy (non-hydrogen) atoms. The Morgan fingerprint density at radius 2 is 2.24 bits per heavy atom. The molecule has 0 aliphatic rings. The second-order valence-electron chi connectivity index (χ2n) is 4.32. The third-order valence-corrected chi connectivity index (χ3v) is 3.21. The Kier molecular flexibility index (Phi) is 3.64. The molecule has 0 saturated heterocycles. The topological polar surface area (TPSA) is 43.8 Å². The molecule has 0 radical (unpaired) electrons. The maximum atomic E-state index is 5.88. The highest BCUT2D eigenvalue weighted by Gasteiger charge is 2.12. The number of hydrogen-bond donors (Lipinski definition) is 1. The number of benzene rings is 1. The van der Waals surface area contributed by atoms with E-state index < -0.39 is 0 Å². The molecule has 3 nitrogen and oxygen atoms in total. The van der Waals surface area contributed by atoms with Crippen LogP contribution in [0.5, 0.6) is 0 Å². The summed E-state index contributed by atoms with van der Waals surface area (Å²) in [5.74, 6) is 0. The predicted molar refractivity (Wildman–Crippen MR) is 73.7 cm³/mol. The number of halogens is 1. The van der Waals surface area contributed by atoms with E-state index in [1.807, 2.05) is 37.0 Å². The molecule has 0 bridgehead atoms. The maximum Gasteiger partial charge on any atom is 0.0571 e. The quantitative estimate of drug-likeness (QED) is 0.946. The molecule has 0 aliphatic heterocycles. The molecule has 0 spiro atoms. The van der Waals surface area contributed by atoms with E-state index in [9.17, 15) is 0 Å². The lowest BCUT2D eigenvalue weighted by Gasteiger charge is -2.09. The zero-order valence-electron chi connectivity index (χ0n) is 10.0. The van der Waals surface area contributed by atoms with E-state index in [0.717, 1.165) is 16.5 Å². The molecular weight excluding hydrogens is 278 g/mol. The van der Waals surface area contributed by atoms with Crippen molar-refractivity contribution >= 4 is 15.9 Å². The van der Waals surface area contributed by atoms with Gasteiger partial charge in [0.15, 0.2) is 0 Å². The van der Waals surface area contributed by atoms with Crippen LogP contribution in [0.1, 0.15) is 12.6 Å². The SMILES string of the molecule is CC(N)Cc1c(-c2cccc(Br)c2)cnn1C. The summed E-state index contributed by atoms with van der Waals surface area (Å²) >= 11 is 3.49. The number of hydrogen-bond acceptors (Lipinski definition) is 2. The summed E-state index contributed by atoms with van der Waals surface area (Å²) in [5.41, 5.74) is 9.39. The average Bonchev–Trinajstić information content (AvgIpc) is 2.60. The smallest absolute Gasteiger partial charge is 0.0571 e. The molecule has 2 N–H and O–H groups in total. The number of aromatic nitrogens is 2. The van der Waals surface area contributed by atoms with Crippen molar-refractivity contribution in [1.29, 1.82) is 0 Å². The highest BCUT2D eigenvalue weighted by Crippen LogP contribution is 2.26. The molecule has 0 fully saturated rings. The largest absolute Gasteiger partial charge is 0.328 e. The summed E-state index contributed by atoms with van der Waals surface area (Å²) < 4.78 is 2.98. The second kappa shape index (κ2) is 5.02. The van der Waals surface area contributed by atoms with Gasteiger partial charge in [-0.25, -0.2) is 0 Å². The predicted octanol–water partition coefficient (Wildman–Crippen LogP) is 2.74. The van der Waals surface area contributed by atoms with Gasteiger partial charge in [0.1, 0.15) is 0 Å². The van der Waals surface area contributed by atoms with Gasteiger partial charge in [-0.2, -0.15) is 5.10 Å². The van der Waals surface area contributed by atoms with Crippen molar-refractivity contribution in [3.05, 3.63) is 40.6 Å². The minimum atomic E-state index is 0.135. The van der Waals surface area contributed by atoms with E-state index in [1.54, 1.807) is 0 Å². The zero-order valence-corrected chi connectivity index (χ0v) is 11.6. The van der Waals surface area contributed by atoms with Gasteiger partial charge in [0.25, 0.3) is 0 Å². The van der Waals surface area contributed by atoms with Crippen LogP contribution in [0.2, 0.25) is 0 Å². The summed E-state index contributed by atoms with van der Waals surface area (Å²) in [4.78, 5) is 0.